The van der Waals surface area contributed by atoms with Crippen LogP contribution >= 0.6 is 0 Å². The third kappa shape index (κ3) is 2.50. The van der Waals surface area contributed by atoms with Gasteiger partial charge in [-0.1, -0.05) is 29.8 Å². The van der Waals surface area contributed by atoms with Crippen LogP contribution in [0.4, 0.5) is 0 Å². The van der Waals surface area contributed by atoms with Gasteiger partial charge < -0.3 is 19.0 Å². The quantitative estimate of drug-likeness (QED) is 0.801. The SMILES string of the molecule is COc1cc2oc(-c3ccc(C)cc3)cc(=O)c2c(O)c1OC. The van der Waals surface area contributed by atoms with Crippen LogP contribution in [0.2, 0.25) is 0 Å². The Labute approximate surface area is 132 Å². The summed E-state index contributed by atoms with van der Waals surface area (Å²) >= 11 is 0. The molecule has 0 saturated heterocycles. The van der Waals surface area contributed by atoms with E-state index in [-0.39, 0.29) is 27.9 Å². The van der Waals surface area contributed by atoms with Crippen LogP contribution < -0.4 is 14.9 Å². The first-order valence-corrected chi connectivity index (χ1v) is 7.04. The molecule has 0 fully saturated rings. The van der Waals surface area contributed by atoms with Crippen molar-refractivity contribution in [1.29, 1.82) is 0 Å². The van der Waals surface area contributed by atoms with Crippen molar-refractivity contribution in [2.45, 2.75) is 6.92 Å². The molecule has 2 aromatic carbocycles. The van der Waals surface area contributed by atoms with Crippen LogP contribution in [0.3, 0.4) is 0 Å². The highest BCUT2D eigenvalue weighted by Gasteiger charge is 2.19. The third-order valence-corrected chi connectivity index (χ3v) is 3.67. The molecule has 3 rings (SSSR count). The standard InChI is InChI=1S/C18H16O5/c1-10-4-6-11(7-5-10)13-8-12(19)16-14(23-13)9-15(21-2)18(22-3)17(16)20/h4-9,20H,1-3H3. The highest BCUT2D eigenvalue weighted by atomic mass is 16.5. The van der Waals surface area contributed by atoms with E-state index in [1.54, 1.807) is 0 Å². The number of fused-ring (bicyclic) bond motifs is 1. The van der Waals surface area contributed by atoms with Gasteiger partial charge in [-0.3, -0.25) is 4.79 Å². The Bertz CT molecular complexity index is 923. The Balaban J connectivity index is 2.30. The highest BCUT2D eigenvalue weighted by Crippen LogP contribution is 2.41. The summed E-state index contributed by atoms with van der Waals surface area (Å²) < 4.78 is 16.1. The molecule has 0 unspecified atom stereocenters. The van der Waals surface area contributed by atoms with Crippen molar-refractivity contribution in [2.75, 3.05) is 14.2 Å². The average molecular weight is 312 g/mol. The summed E-state index contributed by atoms with van der Waals surface area (Å²) in [6.07, 6.45) is 0. The molecule has 1 heterocycles. The van der Waals surface area contributed by atoms with Gasteiger partial charge in [-0.2, -0.15) is 0 Å². The monoisotopic (exact) mass is 312 g/mol. The van der Waals surface area contributed by atoms with E-state index in [1.807, 2.05) is 31.2 Å². The molecule has 0 aliphatic rings. The van der Waals surface area contributed by atoms with Gasteiger partial charge in [0, 0.05) is 17.7 Å². The van der Waals surface area contributed by atoms with Crippen molar-refractivity contribution in [3.8, 4) is 28.6 Å². The fraction of sp³-hybridized carbons (Fsp3) is 0.167. The fourth-order valence-corrected chi connectivity index (χ4v) is 2.47. The van der Waals surface area contributed by atoms with Gasteiger partial charge in [0.15, 0.2) is 16.9 Å². The highest BCUT2D eigenvalue weighted by molar-refractivity contribution is 5.89. The minimum Gasteiger partial charge on any atom is -0.504 e. The van der Waals surface area contributed by atoms with Gasteiger partial charge in [0.2, 0.25) is 5.75 Å². The van der Waals surface area contributed by atoms with E-state index in [0.717, 1.165) is 11.1 Å². The van der Waals surface area contributed by atoms with Gasteiger partial charge in [-0.15, -0.1) is 0 Å². The fourth-order valence-electron chi connectivity index (χ4n) is 2.47. The summed E-state index contributed by atoms with van der Waals surface area (Å²) in [7, 11) is 2.84. The van der Waals surface area contributed by atoms with Crippen molar-refractivity contribution in [2.24, 2.45) is 0 Å². The first-order chi connectivity index (χ1) is 11.0. The normalized spacial score (nSPS) is 10.7. The molecule has 0 saturated carbocycles. The van der Waals surface area contributed by atoms with Gasteiger partial charge in [-0.05, 0) is 6.92 Å². The summed E-state index contributed by atoms with van der Waals surface area (Å²) in [5.41, 5.74) is 1.79. The maximum Gasteiger partial charge on any atom is 0.204 e. The van der Waals surface area contributed by atoms with E-state index >= 15 is 0 Å². The molecule has 1 N–H and O–H groups in total. The topological polar surface area (TPSA) is 68.9 Å². The Morgan fingerprint density at radius 2 is 1.74 bits per heavy atom. The Kier molecular flexibility index (Phi) is 3.70. The summed E-state index contributed by atoms with van der Waals surface area (Å²) in [4.78, 5) is 12.4. The van der Waals surface area contributed by atoms with Crippen molar-refractivity contribution in [1.82, 2.24) is 0 Å². The van der Waals surface area contributed by atoms with Crippen molar-refractivity contribution < 1.29 is 19.0 Å². The van der Waals surface area contributed by atoms with Crippen molar-refractivity contribution in [3.05, 3.63) is 52.2 Å². The van der Waals surface area contributed by atoms with Crippen LogP contribution in [0.5, 0.6) is 17.2 Å². The number of phenolic OH excluding ortho intramolecular Hbond substituents is 1. The van der Waals surface area contributed by atoms with Gasteiger partial charge in [0.05, 0.1) is 14.2 Å². The molecule has 1 aromatic heterocycles. The summed E-state index contributed by atoms with van der Waals surface area (Å²) in [5.74, 6) is 0.539. The second-order valence-corrected chi connectivity index (χ2v) is 5.17. The largest absolute Gasteiger partial charge is 0.504 e. The summed E-state index contributed by atoms with van der Waals surface area (Å²) in [6, 6.07) is 10.5. The van der Waals surface area contributed by atoms with E-state index in [9.17, 15) is 9.90 Å². The first-order valence-electron chi connectivity index (χ1n) is 7.04. The average Bonchev–Trinajstić information content (AvgIpc) is 2.54. The minimum atomic E-state index is -0.347. The van der Waals surface area contributed by atoms with Crippen LogP contribution in [0, 0.1) is 6.92 Å². The molecule has 118 valence electrons. The molecule has 5 nitrogen and oxygen atoms in total. The summed E-state index contributed by atoms with van der Waals surface area (Å²) in [5, 5.41) is 10.3. The lowest BCUT2D eigenvalue weighted by atomic mass is 10.1. The Hall–Kier alpha value is -2.95. The zero-order chi connectivity index (χ0) is 16.6. The Morgan fingerprint density at radius 1 is 1.04 bits per heavy atom. The smallest absolute Gasteiger partial charge is 0.204 e. The maximum absolute atomic E-state index is 12.4. The van der Waals surface area contributed by atoms with Crippen molar-refractivity contribution in [3.63, 3.8) is 0 Å². The van der Waals surface area contributed by atoms with Gasteiger partial charge in [-0.25, -0.2) is 0 Å². The molecule has 0 atom stereocenters. The molecule has 0 aliphatic carbocycles. The predicted octanol–water partition coefficient (Wildman–Crippen LogP) is 3.49. The number of phenols is 1. The lowest BCUT2D eigenvalue weighted by Crippen LogP contribution is -2.02. The number of methoxy groups -OCH3 is 2. The first kappa shape index (κ1) is 15.0. The van der Waals surface area contributed by atoms with Gasteiger partial charge in [0.1, 0.15) is 16.7 Å². The molecule has 0 bridgehead atoms. The molecule has 3 aromatic rings. The number of benzene rings is 2. The maximum atomic E-state index is 12.4. The van der Waals surface area contributed by atoms with Crippen LogP contribution in [0.25, 0.3) is 22.3 Å². The minimum absolute atomic E-state index is 0.0681. The zero-order valence-electron chi connectivity index (χ0n) is 13.0. The second-order valence-electron chi connectivity index (χ2n) is 5.17. The molecule has 0 spiro atoms. The van der Waals surface area contributed by atoms with Crippen LogP contribution in [0.1, 0.15) is 5.56 Å². The van der Waals surface area contributed by atoms with Crippen LogP contribution in [-0.2, 0) is 0 Å². The lowest BCUT2D eigenvalue weighted by molar-refractivity contribution is 0.334. The van der Waals surface area contributed by atoms with E-state index in [4.69, 9.17) is 13.9 Å². The number of hydrogen-bond donors (Lipinski definition) is 1. The van der Waals surface area contributed by atoms with Gasteiger partial charge >= 0.3 is 0 Å². The van der Waals surface area contributed by atoms with Crippen LogP contribution in [0.15, 0.2) is 45.6 Å². The van der Waals surface area contributed by atoms with E-state index in [0.29, 0.717) is 11.5 Å². The lowest BCUT2D eigenvalue weighted by Gasteiger charge is -2.11. The molecule has 0 amide bonds. The van der Waals surface area contributed by atoms with E-state index < -0.39 is 0 Å². The molecular weight excluding hydrogens is 296 g/mol. The van der Waals surface area contributed by atoms with Crippen LogP contribution in [-0.4, -0.2) is 19.3 Å². The zero-order valence-corrected chi connectivity index (χ0v) is 13.0. The summed E-state index contributed by atoms with van der Waals surface area (Å²) in [6.45, 7) is 1.98. The molecule has 5 heteroatoms. The molecule has 23 heavy (non-hydrogen) atoms. The number of aryl methyl sites for hydroxylation is 1. The Morgan fingerprint density at radius 3 is 2.35 bits per heavy atom. The number of hydrogen-bond acceptors (Lipinski definition) is 5. The molecule has 0 aliphatic heterocycles. The number of aromatic hydroxyl groups is 1. The second kappa shape index (κ2) is 5.68. The van der Waals surface area contributed by atoms with Crippen molar-refractivity contribution >= 4 is 11.0 Å². The van der Waals surface area contributed by atoms with E-state index in [1.165, 1.54) is 26.4 Å². The van der Waals surface area contributed by atoms with E-state index in [2.05, 4.69) is 0 Å². The number of ether oxygens (including phenoxy) is 2. The van der Waals surface area contributed by atoms with Gasteiger partial charge in [0.25, 0.3) is 0 Å². The predicted molar refractivity (Wildman–Crippen MR) is 87.4 cm³/mol. The third-order valence-electron chi connectivity index (χ3n) is 3.67. The number of rotatable bonds is 3. The molecule has 0 radical (unpaired) electrons. The molecular formula is C18H16O5.